The number of hydrogen-bond donors (Lipinski definition) is 1. The molecular weight excluding hydrogens is 416 g/mol. The summed E-state index contributed by atoms with van der Waals surface area (Å²) >= 11 is 6.15. The molecule has 1 N–H and O–H groups in total. The molecule has 2 aromatic carbocycles. The number of benzene rings is 2. The number of carbonyl (C=O) groups excluding carboxylic acids is 2. The van der Waals surface area contributed by atoms with Crippen molar-refractivity contribution >= 4 is 44.9 Å². The number of halogens is 1. The Balaban J connectivity index is 2.20. The van der Waals surface area contributed by atoms with E-state index in [4.69, 9.17) is 16.3 Å². The SMILES string of the molecule is CCOC(=O)c1ccc(NC(=O)CN(c2ccc(C)c(C)c2)S(C)(=O)=O)c(Cl)c1. The Kier molecular flexibility index (Phi) is 7.26. The number of sulfonamides is 1. The van der Waals surface area contributed by atoms with Crippen molar-refractivity contribution < 1.29 is 22.7 Å². The molecule has 0 unspecified atom stereocenters. The Hall–Kier alpha value is -2.58. The summed E-state index contributed by atoms with van der Waals surface area (Å²) in [5.41, 5.74) is 2.84. The van der Waals surface area contributed by atoms with Crippen molar-refractivity contribution in [1.82, 2.24) is 0 Å². The van der Waals surface area contributed by atoms with Gasteiger partial charge in [0.2, 0.25) is 15.9 Å². The van der Waals surface area contributed by atoms with E-state index < -0.39 is 28.4 Å². The van der Waals surface area contributed by atoms with Crippen LogP contribution in [-0.4, -0.2) is 39.7 Å². The number of hydrogen-bond acceptors (Lipinski definition) is 5. The summed E-state index contributed by atoms with van der Waals surface area (Å²) in [6.07, 6.45) is 1.04. The molecule has 0 aliphatic carbocycles. The smallest absolute Gasteiger partial charge is 0.338 e. The zero-order valence-corrected chi connectivity index (χ0v) is 18.2. The van der Waals surface area contributed by atoms with Crippen LogP contribution in [0.2, 0.25) is 5.02 Å². The Labute approximate surface area is 175 Å². The lowest BCUT2D eigenvalue weighted by molar-refractivity contribution is -0.114. The second-order valence-electron chi connectivity index (χ2n) is 6.50. The van der Waals surface area contributed by atoms with Crippen molar-refractivity contribution in [3.05, 3.63) is 58.1 Å². The first kappa shape index (κ1) is 22.7. The van der Waals surface area contributed by atoms with Crippen LogP contribution in [0.1, 0.15) is 28.4 Å². The summed E-state index contributed by atoms with van der Waals surface area (Å²) in [6, 6.07) is 9.48. The maximum atomic E-state index is 12.5. The largest absolute Gasteiger partial charge is 0.462 e. The lowest BCUT2D eigenvalue weighted by Gasteiger charge is -2.23. The van der Waals surface area contributed by atoms with E-state index in [0.29, 0.717) is 5.69 Å². The van der Waals surface area contributed by atoms with Gasteiger partial charge < -0.3 is 10.1 Å². The number of rotatable bonds is 7. The molecular formula is C20H23ClN2O5S. The van der Waals surface area contributed by atoms with Crippen molar-refractivity contribution in [3.8, 4) is 0 Å². The van der Waals surface area contributed by atoms with Gasteiger partial charge >= 0.3 is 5.97 Å². The molecule has 0 spiro atoms. The van der Waals surface area contributed by atoms with Gasteiger partial charge in [-0.15, -0.1) is 0 Å². The molecule has 1 amide bonds. The molecule has 156 valence electrons. The molecule has 0 heterocycles. The Morgan fingerprint density at radius 2 is 1.79 bits per heavy atom. The molecule has 0 aliphatic heterocycles. The van der Waals surface area contributed by atoms with Crippen LogP contribution in [0.4, 0.5) is 11.4 Å². The fourth-order valence-electron chi connectivity index (χ4n) is 2.56. The molecule has 0 aromatic heterocycles. The predicted molar refractivity (Wildman–Crippen MR) is 114 cm³/mol. The van der Waals surface area contributed by atoms with Gasteiger partial charge in [-0.2, -0.15) is 0 Å². The number of esters is 1. The molecule has 9 heteroatoms. The van der Waals surface area contributed by atoms with E-state index in [1.807, 2.05) is 13.8 Å². The van der Waals surface area contributed by atoms with E-state index in [1.54, 1.807) is 25.1 Å². The molecule has 29 heavy (non-hydrogen) atoms. The van der Waals surface area contributed by atoms with Crippen LogP contribution in [0.15, 0.2) is 36.4 Å². The summed E-state index contributed by atoms with van der Waals surface area (Å²) in [5, 5.41) is 2.72. The predicted octanol–water partition coefficient (Wildman–Crippen LogP) is 3.54. The molecule has 0 saturated carbocycles. The van der Waals surface area contributed by atoms with Crippen molar-refractivity contribution in [3.63, 3.8) is 0 Å². The highest BCUT2D eigenvalue weighted by Crippen LogP contribution is 2.25. The van der Waals surface area contributed by atoms with Gasteiger partial charge in [0.05, 0.1) is 34.8 Å². The number of amides is 1. The molecule has 0 saturated heterocycles. The van der Waals surface area contributed by atoms with Crippen LogP contribution in [0.3, 0.4) is 0 Å². The second-order valence-corrected chi connectivity index (χ2v) is 8.82. The highest BCUT2D eigenvalue weighted by atomic mass is 35.5. The average molecular weight is 439 g/mol. The first-order valence-electron chi connectivity index (χ1n) is 8.84. The van der Waals surface area contributed by atoms with Gasteiger partial charge in [0.25, 0.3) is 0 Å². The van der Waals surface area contributed by atoms with Crippen LogP contribution in [-0.2, 0) is 19.6 Å². The summed E-state index contributed by atoms with van der Waals surface area (Å²) in [7, 11) is -3.69. The number of ether oxygens (including phenoxy) is 1. The monoisotopic (exact) mass is 438 g/mol. The number of nitrogens with zero attached hydrogens (tertiary/aromatic N) is 1. The van der Waals surface area contributed by atoms with E-state index in [0.717, 1.165) is 21.7 Å². The third kappa shape index (κ3) is 5.95. The average Bonchev–Trinajstić information content (AvgIpc) is 2.63. The molecule has 2 rings (SSSR count). The highest BCUT2D eigenvalue weighted by Gasteiger charge is 2.22. The van der Waals surface area contributed by atoms with E-state index >= 15 is 0 Å². The van der Waals surface area contributed by atoms with Crippen LogP contribution in [0.25, 0.3) is 0 Å². The topological polar surface area (TPSA) is 92.8 Å². The second kappa shape index (κ2) is 9.28. The molecule has 0 atom stereocenters. The minimum Gasteiger partial charge on any atom is -0.462 e. The van der Waals surface area contributed by atoms with E-state index in [-0.39, 0.29) is 22.9 Å². The van der Waals surface area contributed by atoms with Gasteiger partial charge in [-0.25, -0.2) is 13.2 Å². The maximum absolute atomic E-state index is 12.5. The summed E-state index contributed by atoms with van der Waals surface area (Å²) in [6.45, 7) is 5.28. The van der Waals surface area contributed by atoms with Gasteiger partial charge in [0.1, 0.15) is 6.54 Å². The van der Waals surface area contributed by atoms with Gasteiger partial charge in [-0.1, -0.05) is 17.7 Å². The van der Waals surface area contributed by atoms with Crippen molar-refractivity contribution in [2.75, 3.05) is 29.0 Å². The minimum absolute atomic E-state index is 0.140. The fraction of sp³-hybridized carbons (Fsp3) is 0.300. The lowest BCUT2D eigenvalue weighted by atomic mass is 10.1. The van der Waals surface area contributed by atoms with Crippen molar-refractivity contribution in [2.45, 2.75) is 20.8 Å². The van der Waals surface area contributed by atoms with Crippen LogP contribution in [0, 0.1) is 13.8 Å². The third-order valence-corrected chi connectivity index (χ3v) is 5.67. The van der Waals surface area contributed by atoms with Gasteiger partial charge in [0.15, 0.2) is 0 Å². The molecule has 0 radical (unpaired) electrons. The van der Waals surface area contributed by atoms with Crippen LogP contribution >= 0.6 is 11.6 Å². The molecule has 0 aliphatic rings. The highest BCUT2D eigenvalue weighted by molar-refractivity contribution is 7.92. The zero-order valence-electron chi connectivity index (χ0n) is 16.7. The van der Waals surface area contributed by atoms with Crippen LogP contribution in [0.5, 0.6) is 0 Å². The van der Waals surface area contributed by atoms with E-state index in [2.05, 4.69) is 5.32 Å². The fourth-order valence-corrected chi connectivity index (χ4v) is 3.63. The van der Waals surface area contributed by atoms with Gasteiger partial charge in [0, 0.05) is 0 Å². The summed E-state index contributed by atoms with van der Waals surface area (Å²) in [4.78, 5) is 24.3. The first-order valence-corrected chi connectivity index (χ1v) is 11.1. The minimum atomic E-state index is -3.69. The number of anilines is 2. The van der Waals surface area contributed by atoms with Gasteiger partial charge in [-0.05, 0) is 62.2 Å². The quantitative estimate of drug-likeness (QED) is 0.667. The summed E-state index contributed by atoms with van der Waals surface area (Å²) in [5.74, 6) is -1.09. The standard InChI is InChI=1S/C20H23ClN2O5S/c1-5-28-20(25)15-7-9-18(17(21)11-15)22-19(24)12-23(29(4,26)27)16-8-6-13(2)14(3)10-16/h6-11H,5,12H2,1-4H3,(H,22,24). The number of carbonyl (C=O) groups is 2. The number of aryl methyl sites for hydroxylation is 2. The number of nitrogens with one attached hydrogen (secondary N) is 1. The molecule has 2 aromatic rings. The van der Waals surface area contributed by atoms with Crippen LogP contribution < -0.4 is 9.62 Å². The van der Waals surface area contributed by atoms with Gasteiger partial charge in [-0.3, -0.25) is 9.10 Å². The maximum Gasteiger partial charge on any atom is 0.338 e. The third-order valence-electron chi connectivity index (χ3n) is 4.22. The van der Waals surface area contributed by atoms with E-state index in [1.165, 1.54) is 18.2 Å². The molecule has 0 fully saturated rings. The van der Waals surface area contributed by atoms with E-state index in [9.17, 15) is 18.0 Å². The van der Waals surface area contributed by atoms with Crippen molar-refractivity contribution in [2.24, 2.45) is 0 Å². The Morgan fingerprint density at radius 1 is 1.10 bits per heavy atom. The molecule has 7 nitrogen and oxygen atoms in total. The first-order chi connectivity index (χ1) is 13.5. The normalized spacial score (nSPS) is 11.1. The summed E-state index contributed by atoms with van der Waals surface area (Å²) < 4.78 is 30.4. The lowest BCUT2D eigenvalue weighted by Crippen LogP contribution is -2.37. The Bertz CT molecular complexity index is 1040. The zero-order chi connectivity index (χ0) is 21.8. The Morgan fingerprint density at radius 3 is 2.34 bits per heavy atom. The van der Waals surface area contributed by atoms with Crippen molar-refractivity contribution in [1.29, 1.82) is 0 Å². The molecule has 0 bridgehead atoms.